The lowest BCUT2D eigenvalue weighted by molar-refractivity contribution is -0.0381. The van der Waals surface area contributed by atoms with Crippen molar-refractivity contribution < 1.29 is 14.3 Å². The molecule has 0 spiro atoms. The van der Waals surface area contributed by atoms with Gasteiger partial charge in [0, 0.05) is 18.5 Å². The van der Waals surface area contributed by atoms with Crippen molar-refractivity contribution in [3.63, 3.8) is 0 Å². The highest BCUT2D eigenvalue weighted by Crippen LogP contribution is 2.38. The fourth-order valence-corrected chi connectivity index (χ4v) is 4.21. The number of hydrogen-bond acceptors (Lipinski definition) is 7. The third-order valence-corrected chi connectivity index (χ3v) is 5.64. The molecule has 1 amide bonds. The highest BCUT2D eigenvalue weighted by atomic mass is 16.6. The Kier molecular flexibility index (Phi) is 5.06. The summed E-state index contributed by atoms with van der Waals surface area (Å²) in [5.74, 6) is 0.409. The van der Waals surface area contributed by atoms with E-state index in [1.165, 1.54) is 0 Å². The van der Waals surface area contributed by atoms with E-state index in [4.69, 9.17) is 14.5 Å². The Bertz CT molecular complexity index is 657. The number of carbonyl (C=O) groups excluding carboxylic acids is 1. The van der Waals surface area contributed by atoms with Crippen LogP contribution < -0.4 is 16.2 Å². The Labute approximate surface area is 153 Å². The van der Waals surface area contributed by atoms with Gasteiger partial charge in [0.1, 0.15) is 6.10 Å². The van der Waals surface area contributed by atoms with E-state index in [1.54, 1.807) is 12.4 Å². The van der Waals surface area contributed by atoms with Crippen molar-refractivity contribution in [2.45, 2.75) is 69.9 Å². The number of rotatable bonds is 0. The van der Waals surface area contributed by atoms with Crippen LogP contribution in [0.3, 0.4) is 0 Å². The summed E-state index contributed by atoms with van der Waals surface area (Å²) in [6.07, 6.45) is 6.78. The maximum atomic E-state index is 12.0. The summed E-state index contributed by atoms with van der Waals surface area (Å²) < 4.78 is 11.7. The molecule has 3 N–H and O–H groups in total. The zero-order valence-electron chi connectivity index (χ0n) is 15.3. The van der Waals surface area contributed by atoms with Gasteiger partial charge in [-0.05, 0) is 39.5 Å². The van der Waals surface area contributed by atoms with Gasteiger partial charge in [-0.15, -0.1) is 0 Å². The second-order valence-corrected chi connectivity index (χ2v) is 7.55. The van der Waals surface area contributed by atoms with Crippen molar-refractivity contribution in [2.24, 2.45) is 5.92 Å². The van der Waals surface area contributed by atoms with E-state index in [0.29, 0.717) is 24.2 Å². The molecule has 2 fully saturated rings. The van der Waals surface area contributed by atoms with Crippen LogP contribution in [0.4, 0.5) is 4.79 Å². The molecule has 1 aliphatic carbocycles. The fourth-order valence-electron chi connectivity index (χ4n) is 4.21. The van der Waals surface area contributed by atoms with Gasteiger partial charge in [0.2, 0.25) is 0 Å². The quantitative estimate of drug-likeness (QED) is 0.648. The Morgan fingerprint density at radius 2 is 1.96 bits per heavy atom. The Morgan fingerprint density at radius 3 is 2.85 bits per heavy atom. The summed E-state index contributed by atoms with van der Waals surface area (Å²) in [6.45, 7) is 4.41. The Balaban J connectivity index is 1.62. The molecule has 0 radical (unpaired) electrons. The van der Waals surface area contributed by atoms with Gasteiger partial charge in [0.25, 0.3) is 0 Å². The first-order valence-electron chi connectivity index (χ1n) is 9.53. The molecular weight excluding hydrogens is 334 g/mol. The molecule has 1 saturated carbocycles. The van der Waals surface area contributed by atoms with Crippen LogP contribution in [0.25, 0.3) is 0 Å². The van der Waals surface area contributed by atoms with Crippen molar-refractivity contribution >= 4 is 6.09 Å². The lowest BCUT2D eigenvalue weighted by Gasteiger charge is -2.34. The minimum Gasteiger partial charge on any atom is -0.440 e. The van der Waals surface area contributed by atoms with E-state index in [-0.39, 0.29) is 18.2 Å². The molecule has 0 aromatic carbocycles. The van der Waals surface area contributed by atoms with Crippen LogP contribution in [-0.4, -0.2) is 40.9 Å². The fraction of sp³-hybridized carbons (Fsp3) is 0.722. The maximum absolute atomic E-state index is 12.0. The molecule has 142 valence electrons. The van der Waals surface area contributed by atoms with Gasteiger partial charge in [-0.25, -0.2) is 15.2 Å². The number of cyclic esters (lactones) is 1. The molecule has 26 heavy (non-hydrogen) atoms. The molecule has 2 aliphatic heterocycles. The summed E-state index contributed by atoms with van der Waals surface area (Å²) in [6, 6.07) is 0.508. The average Bonchev–Trinajstić information content (AvgIpc) is 3.04. The van der Waals surface area contributed by atoms with Gasteiger partial charge in [-0.2, -0.15) is 0 Å². The van der Waals surface area contributed by atoms with Crippen molar-refractivity contribution in [2.75, 3.05) is 6.54 Å². The molecular formula is C18H27N5O3. The smallest absolute Gasteiger partial charge is 0.407 e. The van der Waals surface area contributed by atoms with Crippen LogP contribution in [0.15, 0.2) is 12.4 Å². The van der Waals surface area contributed by atoms with Crippen LogP contribution in [0.2, 0.25) is 0 Å². The molecule has 6 atom stereocenters. The van der Waals surface area contributed by atoms with Crippen molar-refractivity contribution in [1.29, 1.82) is 0 Å². The zero-order valence-corrected chi connectivity index (χ0v) is 15.3. The number of hydrogen-bond donors (Lipinski definition) is 3. The predicted octanol–water partition coefficient (Wildman–Crippen LogP) is 1.76. The van der Waals surface area contributed by atoms with Gasteiger partial charge < -0.3 is 14.8 Å². The average molecular weight is 361 g/mol. The number of alkyl carbamates (subject to hydrolysis) is 1. The minimum atomic E-state index is -0.453. The first-order chi connectivity index (χ1) is 12.6. The summed E-state index contributed by atoms with van der Waals surface area (Å²) >= 11 is 0. The molecule has 3 heterocycles. The van der Waals surface area contributed by atoms with E-state index in [0.717, 1.165) is 31.4 Å². The van der Waals surface area contributed by atoms with E-state index in [2.05, 4.69) is 28.1 Å². The molecule has 4 bridgehead atoms. The van der Waals surface area contributed by atoms with Crippen LogP contribution in [0.1, 0.15) is 63.1 Å². The molecule has 8 heteroatoms. The molecule has 1 aromatic rings. The highest BCUT2D eigenvalue weighted by Gasteiger charge is 2.42. The predicted molar refractivity (Wildman–Crippen MR) is 94.0 cm³/mol. The third-order valence-electron chi connectivity index (χ3n) is 5.64. The standard InChI is InChI=1S/C18H27N5O3/c1-10-5-6-20-18(24)26-11(2)15-8-19-9-16(21-15)17-13-7-12(25-10)3-4-14(13)22-23-17/h8-14,17,22-23H,3-7H2,1-2H3,(H,20,24)/t10-,11+,12?,13?,14?,17?/m1/s1. The number of nitrogens with one attached hydrogen (secondary N) is 3. The maximum Gasteiger partial charge on any atom is 0.407 e. The monoisotopic (exact) mass is 361 g/mol. The largest absolute Gasteiger partial charge is 0.440 e. The SMILES string of the molecule is C[C@@H]1CCNC(=O)O[C@@H](C)c2cncc(n2)C2NNC3CCC(CC32)O1. The van der Waals surface area contributed by atoms with Gasteiger partial charge in [-0.3, -0.25) is 10.4 Å². The number of fused-ring (bicyclic) bond motifs is 4. The topological polar surface area (TPSA) is 97.4 Å². The number of amides is 1. The Morgan fingerprint density at radius 1 is 1.12 bits per heavy atom. The zero-order chi connectivity index (χ0) is 18.1. The number of ether oxygens (including phenoxy) is 2. The van der Waals surface area contributed by atoms with E-state index >= 15 is 0 Å². The van der Waals surface area contributed by atoms with Crippen LogP contribution in [0, 0.1) is 5.92 Å². The summed E-state index contributed by atoms with van der Waals surface area (Å²) in [7, 11) is 0. The number of hydrazine groups is 1. The first kappa shape index (κ1) is 17.6. The second kappa shape index (κ2) is 7.46. The van der Waals surface area contributed by atoms with Crippen LogP contribution in [0.5, 0.6) is 0 Å². The number of carbonyl (C=O) groups is 1. The lowest BCUT2D eigenvalue weighted by Crippen LogP contribution is -2.38. The normalized spacial score (nSPS) is 37.8. The molecule has 1 saturated heterocycles. The van der Waals surface area contributed by atoms with Gasteiger partial charge in [0.05, 0.1) is 42.0 Å². The number of nitrogens with zero attached hydrogens (tertiary/aromatic N) is 2. The Hall–Kier alpha value is -1.77. The van der Waals surface area contributed by atoms with E-state index < -0.39 is 12.2 Å². The number of aromatic nitrogens is 2. The van der Waals surface area contributed by atoms with Crippen molar-refractivity contribution in [3.8, 4) is 0 Å². The molecule has 3 aliphatic rings. The molecule has 4 unspecified atom stereocenters. The summed E-state index contributed by atoms with van der Waals surface area (Å²) in [4.78, 5) is 21.1. The van der Waals surface area contributed by atoms with Crippen molar-refractivity contribution in [1.82, 2.24) is 26.1 Å². The lowest BCUT2D eigenvalue weighted by atomic mass is 9.79. The minimum absolute atomic E-state index is 0.0836. The van der Waals surface area contributed by atoms with E-state index in [1.807, 2.05) is 6.92 Å². The molecule has 1 aromatic heterocycles. The second-order valence-electron chi connectivity index (χ2n) is 7.55. The first-order valence-corrected chi connectivity index (χ1v) is 9.53. The molecule has 8 nitrogen and oxygen atoms in total. The van der Waals surface area contributed by atoms with Crippen LogP contribution in [-0.2, 0) is 9.47 Å². The molecule has 4 rings (SSSR count). The third kappa shape index (κ3) is 3.67. The summed E-state index contributed by atoms with van der Waals surface area (Å²) in [5, 5.41) is 2.79. The summed E-state index contributed by atoms with van der Waals surface area (Å²) in [5.41, 5.74) is 8.35. The van der Waals surface area contributed by atoms with Gasteiger partial charge in [-0.1, -0.05) is 0 Å². The van der Waals surface area contributed by atoms with Gasteiger partial charge in [0.15, 0.2) is 0 Å². The van der Waals surface area contributed by atoms with Crippen LogP contribution >= 0.6 is 0 Å². The van der Waals surface area contributed by atoms with Gasteiger partial charge >= 0.3 is 6.09 Å². The highest BCUT2D eigenvalue weighted by molar-refractivity contribution is 5.67. The van der Waals surface area contributed by atoms with E-state index in [9.17, 15) is 4.79 Å². The van der Waals surface area contributed by atoms with Crippen molar-refractivity contribution in [3.05, 3.63) is 23.8 Å².